The number of nitrogens with one attached hydrogen (secondary N) is 2. The van der Waals surface area contributed by atoms with Gasteiger partial charge in [0.05, 0.1) is 32.3 Å². The molecule has 12 nitrogen and oxygen atoms in total. The van der Waals surface area contributed by atoms with Gasteiger partial charge >= 0.3 is 6.16 Å². The molecule has 0 saturated carbocycles. The molecule has 3 aromatic rings. The van der Waals surface area contributed by atoms with Gasteiger partial charge in [-0.2, -0.15) is 0 Å². The first kappa shape index (κ1) is 30.5. The first-order valence-electron chi connectivity index (χ1n) is 12.5. The van der Waals surface area contributed by atoms with E-state index in [-0.39, 0.29) is 29.7 Å². The predicted molar refractivity (Wildman–Crippen MR) is 152 cm³/mol. The maximum absolute atomic E-state index is 12.5. The fraction of sp³-hybridized carbons (Fsp3) is 0.310. The quantitative estimate of drug-likeness (QED) is 0.136. The Morgan fingerprint density at radius 1 is 0.927 bits per heavy atom. The molecule has 12 heteroatoms. The zero-order valence-corrected chi connectivity index (χ0v) is 23.9. The number of hydrogen-bond donors (Lipinski definition) is 2. The molecule has 0 aliphatic carbocycles. The van der Waals surface area contributed by atoms with E-state index in [0.29, 0.717) is 28.3 Å². The number of rotatable bonds is 11. The summed E-state index contributed by atoms with van der Waals surface area (Å²) >= 11 is 0. The summed E-state index contributed by atoms with van der Waals surface area (Å²) < 4.78 is 26.8. The van der Waals surface area contributed by atoms with Gasteiger partial charge in [0.1, 0.15) is 23.6 Å². The topological polar surface area (TPSA) is 147 Å². The molecule has 0 saturated heterocycles. The highest BCUT2D eigenvalue weighted by Crippen LogP contribution is 2.40. The first-order chi connectivity index (χ1) is 19.4. The van der Waals surface area contributed by atoms with Crippen molar-refractivity contribution >= 4 is 23.4 Å². The second-order valence-corrected chi connectivity index (χ2v) is 9.39. The van der Waals surface area contributed by atoms with Crippen molar-refractivity contribution in [2.24, 2.45) is 0 Å². The van der Waals surface area contributed by atoms with Gasteiger partial charge in [-0.15, -0.1) is 0 Å². The molecule has 0 aromatic heterocycles. The minimum Gasteiger partial charge on any atom is -0.496 e. The van der Waals surface area contributed by atoms with Crippen LogP contribution < -0.4 is 29.6 Å². The van der Waals surface area contributed by atoms with Crippen molar-refractivity contribution in [2.75, 3.05) is 33.7 Å². The van der Waals surface area contributed by atoms with Crippen molar-refractivity contribution < 1.29 is 38.2 Å². The molecule has 3 rings (SSSR count). The van der Waals surface area contributed by atoms with Crippen LogP contribution in [-0.2, 0) is 16.1 Å². The van der Waals surface area contributed by atoms with E-state index in [9.17, 15) is 19.7 Å². The molecule has 0 radical (unpaired) electrons. The van der Waals surface area contributed by atoms with Gasteiger partial charge in [0.25, 0.3) is 5.69 Å². The first-order valence-corrected chi connectivity index (χ1v) is 12.5. The van der Waals surface area contributed by atoms with E-state index in [1.54, 1.807) is 39.1 Å². The van der Waals surface area contributed by atoms with Crippen LogP contribution in [0.5, 0.6) is 23.0 Å². The molecular weight excluding hydrogens is 534 g/mol. The monoisotopic (exact) mass is 567 g/mol. The highest BCUT2D eigenvalue weighted by atomic mass is 16.7. The minimum absolute atomic E-state index is 0.0157. The number of nitrogens with zero attached hydrogens (tertiary/aromatic N) is 1. The molecule has 0 fully saturated rings. The second kappa shape index (κ2) is 12.9. The molecule has 3 aromatic carbocycles. The highest BCUT2D eigenvalue weighted by Gasteiger charge is 2.28. The molecular formula is C29H33N3O9. The van der Waals surface area contributed by atoms with Crippen LogP contribution in [-0.4, -0.2) is 50.9 Å². The van der Waals surface area contributed by atoms with Crippen LogP contribution in [0.3, 0.4) is 0 Å². The van der Waals surface area contributed by atoms with Crippen LogP contribution in [0.25, 0.3) is 11.1 Å². The summed E-state index contributed by atoms with van der Waals surface area (Å²) in [5.41, 5.74) is 2.44. The van der Waals surface area contributed by atoms with E-state index in [1.807, 2.05) is 19.1 Å². The normalized spacial score (nSPS) is 10.8. The van der Waals surface area contributed by atoms with Crippen LogP contribution >= 0.6 is 0 Å². The van der Waals surface area contributed by atoms with Crippen molar-refractivity contribution in [2.45, 2.75) is 32.9 Å². The van der Waals surface area contributed by atoms with E-state index in [0.717, 1.165) is 11.1 Å². The number of non-ortho nitro benzene ring substituents is 1. The maximum Gasteiger partial charge on any atom is 0.513 e. The van der Waals surface area contributed by atoms with Crippen LogP contribution in [0.4, 0.5) is 16.2 Å². The van der Waals surface area contributed by atoms with Crippen molar-refractivity contribution in [1.29, 1.82) is 0 Å². The fourth-order valence-electron chi connectivity index (χ4n) is 4.17. The number of anilines is 1. The number of methoxy groups -OCH3 is 3. The third-order valence-corrected chi connectivity index (χ3v) is 6.40. The van der Waals surface area contributed by atoms with E-state index in [1.165, 1.54) is 39.5 Å². The summed E-state index contributed by atoms with van der Waals surface area (Å²) in [6.07, 6.45) is -0.871. The summed E-state index contributed by atoms with van der Waals surface area (Å²) in [6, 6.07) is 12.7. The summed E-state index contributed by atoms with van der Waals surface area (Å²) in [6.45, 7) is 5.37. The number of hydrogen-bond acceptors (Lipinski definition) is 10. The summed E-state index contributed by atoms with van der Waals surface area (Å²) in [7, 11) is 5.70. The zero-order chi connectivity index (χ0) is 30.3. The lowest BCUT2D eigenvalue weighted by molar-refractivity contribution is -0.385. The number of nitro benzene ring substituents is 1. The van der Waals surface area contributed by atoms with Gasteiger partial charge in [-0.25, -0.2) is 4.79 Å². The molecule has 0 atom stereocenters. The molecule has 0 heterocycles. The SMILES string of the molecule is CNC(=O)C(C)(C)Nc1ccc(-c2ccc(OC(=O)OC)cc2OC)c(COc2cc([N+](=O)[O-])ccc2OC)c1C. The molecule has 0 bridgehead atoms. The van der Waals surface area contributed by atoms with Crippen LogP contribution in [0, 0.1) is 17.0 Å². The average Bonchev–Trinajstić information content (AvgIpc) is 2.96. The molecule has 0 aliphatic rings. The zero-order valence-electron chi connectivity index (χ0n) is 23.9. The Kier molecular flexibility index (Phi) is 9.61. The van der Waals surface area contributed by atoms with Gasteiger partial charge in [-0.05, 0) is 56.2 Å². The van der Waals surface area contributed by atoms with Crippen molar-refractivity contribution in [1.82, 2.24) is 5.32 Å². The van der Waals surface area contributed by atoms with Crippen LogP contribution in [0.2, 0.25) is 0 Å². The van der Waals surface area contributed by atoms with Crippen molar-refractivity contribution in [3.8, 4) is 34.1 Å². The lowest BCUT2D eigenvalue weighted by atomic mass is 9.93. The Morgan fingerprint density at radius 3 is 2.22 bits per heavy atom. The number of nitro groups is 1. The van der Waals surface area contributed by atoms with Gasteiger partial charge in [0.2, 0.25) is 5.91 Å². The van der Waals surface area contributed by atoms with Crippen molar-refractivity contribution in [3.05, 3.63) is 69.8 Å². The lowest BCUT2D eigenvalue weighted by Crippen LogP contribution is -2.46. The molecule has 218 valence electrons. The van der Waals surface area contributed by atoms with Crippen LogP contribution in [0.1, 0.15) is 25.0 Å². The minimum atomic E-state index is -0.938. The number of likely N-dealkylation sites (N-methyl/N-ethyl adjacent to an activating group) is 1. The Balaban J connectivity index is 2.14. The highest BCUT2D eigenvalue weighted by molar-refractivity contribution is 5.89. The predicted octanol–water partition coefficient (Wildman–Crippen LogP) is 5.25. The van der Waals surface area contributed by atoms with Crippen LogP contribution in [0.15, 0.2) is 48.5 Å². The largest absolute Gasteiger partial charge is 0.513 e. The molecule has 0 spiro atoms. The Morgan fingerprint density at radius 2 is 1.61 bits per heavy atom. The van der Waals surface area contributed by atoms with E-state index in [2.05, 4.69) is 15.4 Å². The molecule has 0 aliphatic heterocycles. The average molecular weight is 568 g/mol. The molecule has 1 amide bonds. The smallest absolute Gasteiger partial charge is 0.496 e. The summed E-state index contributed by atoms with van der Waals surface area (Å²) in [5, 5.41) is 17.3. The Bertz CT molecular complexity index is 1450. The Hall–Kier alpha value is -5.00. The fourth-order valence-corrected chi connectivity index (χ4v) is 4.17. The number of carbonyl (C=O) groups is 2. The standard InChI is InChI=1S/C29H33N3O9/c1-17-22(16-40-26-14-18(32(35)36)8-13-24(26)37-5)20(11-12-23(17)31-29(2,3)27(33)30-4)21-10-9-19(15-25(21)38-6)41-28(34)39-7/h8-15,31H,16H2,1-7H3,(H,30,33). The number of benzene rings is 3. The van der Waals surface area contributed by atoms with Gasteiger partial charge in [0.15, 0.2) is 11.5 Å². The summed E-state index contributed by atoms with van der Waals surface area (Å²) in [5.74, 6) is 0.935. The number of amides is 1. The van der Waals surface area contributed by atoms with Gasteiger partial charge in [0, 0.05) is 36.0 Å². The van der Waals surface area contributed by atoms with Crippen molar-refractivity contribution in [3.63, 3.8) is 0 Å². The van der Waals surface area contributed by atoms with Gasteiger partial charge in [-0.1, -0.05) is 6.07 Å². The molecule has 0 unspecified atom stereocenters. The van der Waals surface area contributed by atoms with E-state index in [4.69, 9.17) is 18.9 Å². The third kappa shape index (κ3) is 6.96. The number of ether oxygens (including phenoxy) is 5. The lowest BCUT2D eigenvalue weighted by Gasteiger charge is -2.28. The van der Waals surface area contributed by atoms with E-state index < -0.39 is 16.6 Å². The molecule has 2 N–H and O–H groups in total. The number of carbonyl (C=O) groups excluding carboxylic acids is 2. The third-order valence-electron chi connectivity index (χ3n) is 6.40. The Labute approximate surface area is 237 Å². The van der Waals surface area contributed by atoms with Gasteiger partial charge in [-0.3, -0.25) is 14.9 Å². The van der Waals surface area contributed by atoms with Gasteiger partial charge < -0.3 is 34.3 Å². The maximum atomic E-state index is 12.5. The molecule has 41 heavy (non-hydrogen) atoms. The second-order valence-electron chi connectivity index (χ2n) is 9.39. The van der Waals surface area contributed by atoms with E-state index >= 15 is 0 Å². The summed E-state index contributed by atoms with van der Waals surface area (Å²) in [4.78, 5) is 34.9.